The highest BCUT2D eigenvalue weighted by Crippen LogP contribution is 2.28. The van der Waals surface area contributed by atoms with E-state index in [1.54, 1.807) is 23.1 Å². The summed E-state index contributed by atoms with van der Waals surface area (Å²) in [5.41, 5.74) is 0. The van der Waals surface area contributed by atoms with Gasteiger partial charge in [-0.05, 0) is 24.5 Å². The summed E-state index contributed by atoms with van der Waals surface area (Å²) in [5.74, 6) is 2.24. The van der Waals surface area contributed by atoms with Gasteiger partial charge in [-0.1, -0.05) is 61.0 Å². The Labute approximate surface area is 132 Å². The fourth-order valence-corrected chi connectivity index (χ4v) is 5.01. The van der Waals surface area contributed by atoms with Crippen molar-refractivity contribution < 1.29 is 4.79 Å². The van der Waals surface area contributed by atoms with Gasteiger partial charge in [-0.25, -0.2) is 0 Å². The molecule has 0 radical (unpaired) electrons. The van der Waals surface area contributed by atoms with E-state index in [-0.39, 0.29) is 5.91 Å². The maximum absolute atomic E-state index is 11.8. The molecule has 7 heteroatoms. The van der Waals surface area contributed by atoms with Crippen LogP contribution < -0.4 is 5.32 Å². The Kier molecular flexibility index (Phi) is 7.16. The predicted octanol–water partition coefficient (Wildman–Crippen LogP) is 3.44. The van der Waals surface area contributed by atoms with Crippen molar-refractivity contribution in [2.24, 2.45) is 5.92 Å². The average molecular weight is 332 g/mol. The molecule has 2 rings (SSSR count). The lowest BCUT2D eigenvalue weighted by Crippen LogP contribution is -2.31. The van der Waals surface area contributed by atoms with Crippen LogP contribution in [0.5, 0.6) is 0 Å². The normalized spacial score (nSPS) is 16.2. The number of aromatic nitrogens is 2. The summed E-state index contributed by atoms with van der Waals surface area (Å²) in [7, 11) is 0. The van der Waals surface area contributed by atoms with Crippen molar-refractivity contribution in [3.63, 3.8) is 0 Å². The van der Waals surface area contributed by atoms with Gasteiger partial charge in [0.15, 0.2) is 8.68 Å². The van der Waals surface area contributed by atoms with Crippen molar-refractivity contribution >= 4 is 40.8 Å². The van der Waals surface area contributed by atoms with E-state index in [1.165, 1.54) is 43.9 Å². The van der Waals surface area contributed by atoms with Crippen molar-refractivity contribution in [3.8, 4) is 0 Å². The van der Waals surface area contributed by atoms with E-state index in [2.05, 4.69) is 22.4 Å². The first-order valence-corrected chi connectivity index (χ1v) is 9.92. The van der Waals surface area contributed by atoms with E-state index >= 15 is 0 Å². The molecule has 0 atom stereocenters. The molecule has 0 unspecified atom stereocenters. The maximum Gasteiger partial charge on any atom is 0.230 e. The highest BCUT2D eigenvalue weighted by Gasteiger charge is 2.14. The number of nitrogens with zero attached hydrogens (tertiary/aromatic N) is 2. The first-order valence-electron chi connectivity index (χ1n) is 7.13. The van der Waals surface area contributed by atoms with Crippen LogP contribution in [-0.4, -0.2) is 34.2 Å². The monoisotopic (exact) mass is 331 g/mol. The summed E-state index contributed by atoms with van der Waals surface area (Å²) < 4.78 is 1.87. The van der Waals surface area contributed by atoms with Crippen LogP contribution in [0.2, 0.25) is 0 Å². The SMILES string of the molecule is CCSc1nnc(SCC(=O)NCC2CCCCC2)s1. The highest BCUT2D eigenvalue weighted by molar-refractivity contribution is 8.03. The quantitative estimate of drug-likeness (QED) is 0.776. The van der Waals surface area contributed by atoms with E-state index in [1.807, 2.05) is 0 Å². The van der Waals surface area contributed by atoms with Crippen LogP contribution in [-0.2, 0) is 4.79 Å². The average Bonchev–Trinajstić information content (AvgIpc) is 2.92. The van der Waals surface area contributed by atoms with Gasteiger partial charge in [0.2, 0.25) is 5.91 Å². The summed E-state index contributed by atoms with van der Waals surface area (Å²) >= 11 is 4.74. The van der Waals surface area contributed by atoms with Gasteiger partial charge >= 0.3 is 0 Å². The molecule has 1 saturated carbocycles. The fourth-order valence-electron chi connectivity index (χ4n) is 2.27. The zero-order chi connectivity index (χ0) is 14.2. The number of thioether (sulfide) groups is 2. The lowest BCUT2D eigenvalue weighted by atomic mass is 9.89. The molecule has 0 saturated heterocycles. The third kappa shape index (κ3) is 5.61. The van der Waals surface area contributed by atoms with E-state index in [9.17, 15) is 4.79 Å². The Morgan fingerprint density at radius 3 is 2.65 bits per heavy atom. The van der Waals surface area contributed by atoms with Gasteiger partial charge in [0, 0.05) is 6.54 Å². The standard InChI is InChI=1S/C13H21N3OS3/c1-2-18-12-15-16-13(20-12)19-9-11(17)14-8-10-6-4-3-5-7-10/h10H,2-9H2,1H3,(H,14,17). The van der Waals surface area contributed by atoms with Gasteiger partial charge in [-0.3, -0.25) is 4.79 Å². The molecule has 1 aliphatic rings. The molecular weight excluding hydrogens is 310 g/mol. The second-order valence-electron chi connectivity index (χ2n) is 4.86. The van der Waals surface area contributed by atoms with Crippen molar-refractivity contribution in [2.45, 2.75) is 47.7 Å². The fraction of sp³-hybridized carbons (Fsp3) is 0.769. The molecule has 0 aromatic carbocycles. The van der Waals surface area contributed by atoms with Crippen LogP contribution in [0.4, 0.5) is 0 Å². The molecule has 1 N–H and O–H groups in total. The molecule has 1 aromatic heterocycles. The zero-order valence-electron chi connectivity index (χ0n) is 11.8. The lowest BCUT2D eigenvalue weighted by molar-refractivity contribution is -0.118. The summed E-state index contributed by atoms with van der Waals surface area (Å²) in [6, 6.07) is 0. The van der Waals surface area contributed by atoms with Crippen LogP contribution in [0.3, 0.4) is 0 Å². The lowest BCUT2D eigenvalue weighted by Gasteiger charge is -2.21. The van der Waals surface area contributed by atoms with Crippen molar-refractivity contribution in [2.75, 3.05) is 18.1 Å². The molecule has 1 aliphatic carbocycles. The summed E-state index contributed by atoms with van der Waals surface area (Å²) in [6.07, 6.45) is 6.52. The topological polar surface area (TPSA) is 54.9 Å². The highest BCUT2D eigenvalue weighted by atomic mass is 32.2. The largest absolute Gasteiger partial charge is 0.355 e. The Hall–Kier alpha value is -0.270. The second kappa shape index (κ2) is 8.89. The summed E-state index contributed by atoms with van der Waals surface area (Å²) in [6.45, 7) is 2.93. The number of carbonyl (C=O) groups is 1. The number of carbonyl (C=O) groups excluding carboxylic acids is 1. The number of amides is 1. The van der Waals surface area contributed by atoms with Crippen molar-refractivity contribution in [1.29, 1.82) is 0 Å². The molecule has 1 aromatic rings. The number of hydrogen-bond acceptors (Lipinski definition) is 6. The molecule has 1 fully saturated rings. The van der Waals surface area contributed by atoms with Crippen LogP contribution in [0, 0.1) is 5.92 Å². The molecule has 4 nitrogen and oxygen atoms in total. The van der Waals surface area contributed by atoms with Gasteiger partial charge in [0.05, 0.1) is 5.75 Å². The Balaban J connectivity index is 1.63. The Bertz CT molecular complexity index is 419. The van der Waals surface area contributed by atoms with Gasteiger partial charge < -0.3 is 5.32 Å². The smallest absolute Gasteiger partial charge is 0.230 e. The molecule has 0 spiro atoms. The summed E-state index contributed by atoms with van der Waals surface area (Å²) in [5, 5.41) is 11.2. The first-order chi connectivity index (χ1) is 9.78. The number of nitrogens with one attached hydrogen (secondary N) is 1. The van der Waals surface area contributed by atoms with Crippen molar-refractivity contribution in [3.05, 3.63) is 0 Å². The van der Waals surface area contributed by atoms with Crippen LogP contribution in [0.15, 0.2) is 8.68 Å². The van der Waals surface area contributed by atoms with Crippen molar-refractivity contribution in [1.82, 2.24) is 15.5 Å². The molecule has 0 bridgehead atoms. The molecule has 112 valence electrons. The van der Waals surface area contributed by atoms with Crippen LogP contribution in [0.25, 0.3) is 0 Å². The second-order valence-corrected chi connectivity index (χ2v) is 8.57. The Morgan fingerprint density at radius 2 is 1.95 bits per heavy atom. The van der Waals surface area contributed by atoms with Gasteiger partial charge in [-0.2, -0.15) is 0 Å². The van der Waals surface area contributed by atoms with Gasteiger partial charge in [-0.15, -0.1) is 10.2 Å². The first kappa shape index (κ1) is 16.1. The van der Waals surface area contributed by atoms with Crippen LogP contribution in [0.1, 0.15) is 39.0 Å². The van der Waals surface area contributed by atoms with E-state index in [0.717, 1.165) is 21.0 Å². The van der Waals surface area contributed by atoms with E-state index in [0.29, 0.717) is 11.7 Å². The summed E-state index contributed by atoms with van der Waals surface area (Å²) in [4.78, 5) is 11.8. The minimum absolute atomic E-state index is 0.112. The third-order valence-corrected chi connectivity index (χ3v) is 6.37. The van der Waals surface area contributed by atoms with E-state index < -0.39 is 0 Å². The molecule has 1 heterocycles. The minimum atomic E-state index is 0.112. The molecule has 0 aliphatic heterocycles. The Morgan fingerprint density at radius 1 is 1.25 bits per heavy atom. The minimum Gasteiger partial charge on any atom is -0.355 e. The predicted molar refractivity (Wildman–Crippen MR) is 86.6 cm³/mol. The number of rotatable bonds is 7. The zero-order valence-corrected chi connectivity index (χ0v) is 14.2. The van der Waals surface area contributed by atoms with Gasteiger partial charge in [0.25, 0.3) is 0 Å². The number of hydrogen-bond donors (Lipinski definition) is 1. The maximum atomic E-state index is 11.8. The van der Waals surface area contributed by atoms with Crippen LogP contribution >= 0.6 is 34.9 Å². The molecular formula is C13H21N3OS3. The molecule has 1 amide bonds. The van der Waals surface area contributed by atoms with E-state index in [4.69, 9.17) is 0 Å². The third-order valence-electron chi connectivity index (χ3n) is 3.30. The molecule has 20 heavy (non-hydrogen) atoms. The van der Waals surface area contributed by atoms with Gasteiger partial charge in [0.1, 0.15) is 0 Å².